The molecule has 0 bridgehead atoms. The van der Waals surface area contributed by atoms with E-state index in [1.54, 1.807) is 26.4 Å². The number of carboxylic acids is 1. The summed E-state index contributed by atoms with van der Waals surface area (Å²) >= 11 is 11.8. The van der Waals surface area contributed by atoms with Crippen LogP contribution in [0.2, 0.25) is 5.02 Å². The number of para-hydroxylation sites is 1. The van der Waals surface area contributed by atoms with E-state index in [0.717, 1.165) is 16.8 Å². The number of anilines is 1. The molecule has 1 aliphatic rings. The number of rotatable bonds is 5. The van der Waals surface area contributed by atoms with Crippen molar-refractivity contribution in [3.05, 3.63) is 52.0 Å². The predicted molar refractivity (Wildman–Crippen MR) is 111 cm³/mol. The van der Waals surface area contributed by atoms with Crippen molar-refractivity contribution < 1.29 is 24.1 Å². The molecule has 2 N–H and O–H groups in total. The molecule has 1 heterocycles. The number of halogens is 1. The summed E-state index contributed by atoms with van der Waals surface area (Å²) in [7, 11) is 3.09. The number of thiocarbonyl (C=S) groups is 1. The van der Waals surface area contributed by atoms with E-state index >= 15 is 0 Å². The fourth-order valence-corrected chi connectivity index (χ4v) is 3.61. The second-order valence-electron chi connectivity index (χ2n) is 6.36. The lowest BCUT2D eigenvalue weighted by Crippen LogP contribution is -2.30. The quantitative estimate of drug-likeness (QED) is 0.694. The van der Waals surface area contributed by atoms with Crippen LogP contribution in [0.5, 0.6) is 11.5 Å². The number of fused-ring (bicyclic) bond motifs is 1. The molecule has 6 nitrogen and oxygen atoms in total. The number of hydrogen-bond acceptors (Lipinski definition) is 5. The second kappa shape index (κ2) is 8.34. The highest BCUT2D eigenvalue weighted by atomic mass is 35.5. The number of carboxylic acid groups (broad SMARTS) is 1. The van der Waals surface area contributed by atoms with Gasteiger partial charge in [-0.25, -0.2) is 0 Å². The maximum atomic E-state index is 11.3. The number of hydrogen-bond donors (Lipinski definition) is 2. The lowest BCUT2D eigenvalue weighted by atomic mass is 9.97. The minimum Gasteiger partial charge on any atom is -0.493 e. The van der Waals surface area contributed by atoms with Gasteiger partial charge in [0.25, 0.3) is 0 Å². The van der Waals surface area contributed by atoms with E-state index < -0.39 is 18.2 Å². The summed E-state index contributed by atoms with van der Waals surface area (Å²) in [5.74, 6) is 0.0307. The Hall–Kier alpha value is -2.35. The first-order valence-electron chi connectivity index (χ1n) is 8.54. The van der Waals surface area contributed by atoms with Crippen molar-refractivity contribution in [1.82, 2.24) is 0 Å². The van der Waals surface area contributed by atoms with Gasteiger partial charge in [-0.2, -0.15) is 0 Å². The van der Waals surface area contributed by atoms with Crippen LogP contribution < -0.4 is 14.8 Å². The van der Waals surface area contributed by atoms with Crippen molar-refractivity contribution in [2.75, 3.05) is 19.5 Å². The lowest BCUT2D eigenvalue weighted by Gasteiger charge is -2.24. The molecule has 2 aromatic carbocycles. The topological polar surface area (TPSA) is 77.0 Å². The van der Waals surface area contributed by atoms with Crippen LogP contribution in [0.3, 0.4) is 0 Å². The molecule has 0 aliphatic carbocycles. The Morgan fingerprint density at radius 1 is 1.29 bits per heavy atom. The standard InChI is InChI=1S/C20H20ClNO5S/c1-10-7-14-12(8-13(10)21)18(27-16(9-17(23)24)20(28)22-14)11-5-4-6-15(25-2)19(11)26-3/h4-8,16,18H,9H2,1-3H3,(H,22,28)(H,23,24)/t16-,18-/m1/s1. The average molecular weight is 422 g/mol. The third-order valence-electron chi connectivity index (χ3n) is 4.54. The zero-order chi connectivity index (χ0) is 20.4. The molecular weight excluding hydrogens is 402 g/mol. The monoisotopic (exact) mass is 421 g/mol. The van der Waals surface area contributed by atoms with Crippen molar-refractivity contribution in [3.63, 3.8) is 0 Å². The smallest absolute Gasteiger partial charge is 0.306 e. The van der Waals surface area contributed by atoms with Gasteiger partial charge in [-0.15, -0.1) is 0 Å². The SMILES string of the molecule is COc1cccc([C@H]2O[C@H](CC(=O)O)C(=S)Nc3cc(C)c(Cl)cc32)c1OC. The molecule has 0 saturated carbocycles. The number of nitrogens with one attached hydrogen (secondary N) is 1. The normalized spacial score (nSPS) is 18.6. The molecule has 0 aromatic heterocycles. The zero-order valence-corrected chi connectivity index (χ0v) is 17.2. The Morgan fingerprint density at radius 2 is 2.04 bits per heavy atom. The zero-order valence-electron chi connectivity index (χ0n) is 15.6. The molecule has 1 aliphatic heterocycles. The molecule has 2 aromatic rings. The third-order valence-corrected chi connectivity index (χ3v) is 5.31. The van der Waals surface area contributed by atoms with E-state index in [9.17, 15) is 9.90 Å². The van der Waals surface area contributed by atoms with E-state index in [0.29, 0.717) is 27.1 Å². The van der Waals surface area contributed by atoms with Gasteiger partial charge in [0.15, 0.2) is 11.5 Å². The highest BCUT2D eigenvalue weighted by molar-refractivity contribution is 7.80. The molecule has 0 saturated heterocycles. The Kier molecular flexibility index (Phi) is 6.07. The maximum Gasteiger partial charge on any atom is 0.306 e. The number of aliphatic carboxylic acids is 1. The highest BCUT2D eigenvalue weighted by Crippen LogP contribution is 2.44. The van der Waals surface area contributed by atoms with E-state index in [4.69, 9.17) is 38.0 Å². The molecule has 0 spiro atoms. The lowest BCUT2D eigenvalue weighted by molar-refractivity contribution is -0.139. The largest absolute Gasteiger partial charge is 0.493 e. The summed E-state index contributed by atoms with van der Waals surface area (Å²) in [6.07, 6.45) is -1.75. The van der Waals surface area contributed by atoms with Crippen molar-refractivity contribution in [2.45, 2.75) is 25.6 Å². The molecule has 2 atom stereocenters. The second-order valence-corrected chi connectivity index (χ2v) is 7.21. The van der Waals surface area contributed by atoms with E-state index in [-0.39, 0.29) is 6.42 Å². The molecule has 0 unspecified atom stereocenters. The van der Waals surface area contributed by atoms with Gasteiger partial charge in [-0.3, -0.25) is 4.79 Å². The van der Waals surface area contributed by atoms with E-state index in [1.165, 1.54) is 0 Å². The predicted octanol–water partition coefficient (Wildman–Crippen LogP) is 4.37. The summed E-state index contributed by atoms with van der Waals surface area (Å²) in [5.41, 5.74) is 3.00. The van der Waals surface area contributed by atoms with E-state index in [2.05, 4.69) is 5.32 Å². The summed E-state index contributed by atoms with van der Waals surface area (Å²) in [4.78, 5) is 11.6. The number of carbonyl (C=O) groups is 1. The van der Waals surface area contributed by atoms with Crippen molar-refractivity contribution >= 4 is 40.5 Å². The van der Waals surface area contributed by atoms with Gasteiger partial charge in [0, 0.05) is 21.8 Å². The van der Waals surface area contributed by atoms with Crippen LogP contribution in [0.1, 0.15) is 29.2 Å². The minimum absolute atomic E-state index is 0.269. The highest BCUT2D eigenvalue weighted by Gasteiger charge is 2.33. The first-order chi connectivity index (χ1) is 13.3. The Bertz CT molecular complexity index is 933. The van der Waals surface area contributed by atoms with Gasteiger partial charge in [0.1, 0.15) is 17.2 Å². The number of aryl methyl sites for hydroxylation is 1. The minimum atomic E-state index is -1.01. The Labute approximate surface area is 173 Å². The summed E-state index contributed by atoms with van der Waals surface area (Å²) in [5, 5.41) is 13.0. The van der Waals surface area contributed by atoms with Gasteiger partial charge in [-0.05, 0) is 30.7 Å². The number of benzene rings is 2. The van der Waals surface area contributed by atoms with E-state index in [1.807, 2.05) is 25.1 Å². The first-order valence-corrected chi connectivity index (χ1v) is 9.33. The fraction of sp³-hybridized carbons (Fsp3) is 0.300. The molecule has 0 fully saturated rings. The molecule has 148 valence electrons. The number of methoxy groups -OCH3 is 2. The van der Waals surface area contributed by atoms with Crippen molar-refractivity contribution in [1.29, 1.82) is 0 Å². The Balaban J connectivity index is 2.21. The fourth-order valence-electron chi connectivity index (χ4n) is 3.19. The molecule has 28 heavy (non-hydrogen) atoms. The van der Waals surface area contributed by atoms with Gasteiger partial charge in [0.05, 0.1) is 20.6 Å². The van der Waals surface area contributed by atoms with Crippen LogP contribution in [0, 0.1) is 6.92 Å². The Morgan fingerprint density at radius 3 is 2.68 bits per heavy atom. The molecular formula is C20H20ClNO5S. The molecule has 8 heteroatoms. The summed E-state index contributed by atoms with van der Waals surface area (Å²) in [6.45, 7) is 1.88. The van der Waals surface area contributed by atoms with Gasteiger partial charge >= 0.3 is 5.97 Å². The summed E-state index contributed by atoms with van der Waals surface area (Å²) in [6, 6.07) is 9.11. The van der Waals surface area contributed by atoms with Crippen LogP contribution in [-0.4, -0.2) is 36.4 Å². The first kappa shape index (κ1) is 20.4. The number of ether oxygens (including phenoxy) is 3. The third kappa shape index (κ3) is 3.92. The van der Waals surface area contributed by atoms with Crippen LogP contribution >= 0.6 is 23.8 Å². The van der Waals surface area contributed by atoms with Crippen LogP contribution in [0.15, 0.2) is 30.3 Å². The van der Waals surface area contributed by atoms with Gasteiger partial charge in [0.2, 0.25) is 0 Å². The molecule has 3 rings (SSSR count). The average Bonchev–Trinajstić information content (AvgIpc) is 2.78. The van der Waals surface area contributed by atoms with Crippen molar-refractivity contribution in [2.24, 2.45) is 0 Å². The van der Waals surface area contributed by atoms with Crippen LogP contribution in [-0.2, 0) is 9.53 Å². The van der Waals surface area contributed by atoms with Gasteiger partial charge < -0.3 is 24.6 Å². The van der Waals surface area contributed by atoms with Crippen molar-refractivity contribution in [3.8, 4) is 11.5 Å². The summed E-state index contributed by atoms with van der Waals surface area (Å²) < 4.78 is 17.2. The van der Waals surface area contributed by atoms with Gasteiger partial charge in [-0.1, -0.05) is 36.0 Å². The maximum absolute atomic E-state index is 11.3. The molecule has 0 radical (unpaired) electrons. The van der Waals surface area contributed by atoms with Crippen LogP contribution in [0.25, 0.3) is 0 Å². The van der Waals surface area contributed by atoms with Crippen LogP contribution in [0.4, 0.5) is 5.69 Å². The molecule has 0 amide bonds.